The number of benzene rings is 2. The molecule has 0 aromatic heterocycles. The zero-order chi connectivity index (χ0) is 37.8. The maximum absolute atomic E-state index is 12.1. The molecule has 3 N–H and O–H groups in total. The summed E-state index contributed by atoms with van der Waals surface area (Å²) in [5.41, 5.74) is 3.74. The molecule has 4 rings (SSSR count). The molecule has 0 fully saturated rings. The molecule has 0 bridgehead atoms. The molecule has 2 aromatic rings. The van der Waals surface area contributed by atoms with Crippen molar-refractivity contribution in [3.63, 3.8) is 0 Å². The Labute approximate surface area is 301 Å². The number of hydrogen-bond donors (Lipinski definition) is 3. The molecule has 2 heterocycles. The van der Waals surface area contributed by atoms with Crippen LogP contribution in [0.1, 0.15) is 78.4 Å². The molecule has 51 heavy (non-hydrogen) atoms. The van der Waals surface area contributed by atoms with Crippen LogP contribution in [-0.4, -0.2) is 72.7 Å². The predicted molar refractivity (Wildman–Crippen MR) is 200 cm³/mol. The first kappa shape index (κ1) is 39.7. The molecule has 13 heteroatoms. The Hall–Kier alpha value is -4.04. The average molecular weight is 742 g/mol. The summed E-state index contributed by atoms with van der Waals surface area (Å²) < 4.78 is 74.8. The molecule has 0 radical (unpaired) electrons. The van der Waals surface area contributed by atoms with Crippen LogP contribution in [0.5, 0.6) is 5.75 Å². The maximum atomic E-state index is 12.1. The summed E-state index contributed by atoms with van der Waals surface area (Å²) >= 11 is 0. The van der Waals surface area contributed by atoms with Crippen molar-refractivity contribution in [1.29, 1.82) is 0 Å². The molecule has 1 unspecified atom stereocenters. The van der Waals surface area contributed by atoms with Gasteiger partial charge in [-0.2, -0.15) is 21.4 Å². The van der Waals surface area contributed by atoms with Crippen molar-refractivity contribution in [1.82, 2.24) is 0 Å². The van der Waals surface area contributed by atoms with E-state index in [1.165, 1.54) is 12.1 Å². The third kappa shape index (κ3) is 9.65. The summed E-state index contributed by atoms with van der Waals surface area (Å²) in [4.78, 5) is 13.4. The van der Waals surface area contributed by atoms with Crippen LogP contribution in [0.15, 0.2) is 83.5 Å². The van der Waals surface area contributed by atoms with Gasteiger partial charge in [0, 0.05) is 66.4 Å². The molecule has 0 saturated heterocycles. The molecule has 276 valence electrons. The van der Waals surface area contributed by atoms with Gasteiger partial charge in [0.05, 0.1) is 16.1 Å². The number of carboxylic acids is 1. The Morgan fingerprint density at radius 3 is 2.29 bits per heavy atom. The molecular weight excluding hydrogens is 693 g/mol. The van der Waals surface area contributed by atoms with Crippen LogP contribution in [0, 0.1) is 5.41 Å². The molecule has 0 saturated carbocycles. The van der Waals surface area contributed by atoms with Crippen molar-refractivity contribution in [2.24, 2.45) is 5.41 Å². The first-order chi connectivity index (χ1) is 23.8. The molecule has 0 amide bonds. The van der Waals surface area contributed by atoms with E-state index in [0.717, 1.165) is 41.4 Å². The second-order valence-corrected chi connectivity index (χ2v) is 17.0. The number of rotatable bonds is 15. The number of hydrogen-bond acceptors (Lipinski definition) is 7. The fourth-order valence-corrected chi connectivity index (χ4v) is 7.56. The summed E-state index contributed by atoms with van der Waals surface area (Å²) in [5, 5.41) is 9.37. The van der Waals surface area contributed by atoms with Gasteiger partial charge in [-0.25, -0.2) is 0 Å². The number of nitrogens with zero attached hydrogens (tertiary/aromatic N) is 2. The first-order valence-corrected chi connectivity index (χ1v) is 20.1. The Morgan fingerprint density at radius 2 is 1.69 bits per heavy atom. The Kier molecular flexibility index (Phi) is 12.2. The topological polar surface area (TPSA) is 162 Å². The van der Waals surface area contributed by atoms with Crippen molar-refractivity contribution in [2.75, 3.05) is 30.3 Å². The largest absolute Gasteiger partial charge is 0.481 e. The van der Waals surface area contributed by atoms with Gasteiger partial charge in [-0.05, 0) is 69.5 Å². The zero-order valence-corrected chi connectivity index (χ0v) is 31.7. The lowest BCUT2D eigenvalue weighted by Crippen LogP contribution is -2.32. The van der Waals surface area contributed by atoms with Crippen LogP contribution >= 0.6 is 0 Å². The van der Waals surface area contributed by atoms with Crippen molar-refractivity contribution >= 4 is 48.9 Å². The lowest BCUT2D eigenvalue weighted by molar-refractivity contribution is -0.437. The molecular formula is C38H49N2O9S2+. The van der Waals surface area contributed by atoms with Crippen LogP contribution in [0.2, 0.25) is 0 Å². The summed E-state index contributed by atoms with van der Waals surface area (Å²) in [6, 6.07) is 10.4. The second kappa shape index (κ2) is 15.7. The van der Waals surface area contributed by atoms with Crippen molar-refractivity contribution in [3.05, 3.63) is 89.7 Å². The minimum atomic E-state index is -4.54. The fraction of sp³-hybridized carbons (Fsp3) is 0.421. The van der Waals surface area contributed by atoms with Gasteiger partial charge in [-0.15, -0.1) is 0 Å². The molecule has 2 aromatic carbocycles. The van der Waals surface area contributed by atoms with E-state index >= 15 is 0 Å². The van der Waals surface area contributed by atoms with E-state index in [4.69, 9.17) is 4.74 Å². The lowest BCUT2D eigenvalue weighted by atomic mass is 9.75. The third-order valence-electron chi connectivity index (χ3n) is 9.26. The lowest BCUT2D eigenvalue weighted by Gasteiger charge is -2.30. The van der Waals surface area contributed by atoms with Crippen molar-refractivity contribution in [3.8, 4) is 5.75 Å². The SMILES string of the molecule is CCN(CC)c1ccc2c(c1)OC(C(C)(C)C)=C\C2=C/C=C/C=C/C1=[N+](CCCS(=O)(=O)O)c2ccc(S(=O)(=O)O)cc2C1(C)CCCC(=O)O. The Morgan fingerprint density at radius 1 is 0.980 bits per heavy atom. The predicted octanol–water partition coefficient (Wildman–Crippen LogP) is 7.19. The zero-order valence-electron chi connectivity index (χ0n) is 30.1. The molecule has 11 nitrogen and oxygen atoms in total. The highest BCUT2D eigenvalue weighted by Crippen LogP contribution is 2.45. The van der Waals surface area contributed by atoms with Gasteiger partial charge in [0.25, 0.3) is 20.2 Å². The monoisotopic (exact) mass is 741 g/mol. The van der Waals surface area contributed by atoms with Gasteiger partial charge < -0.3 is 14.7 Å². The van der Waals surface area contributed by atoms with Crippen LogP contribution < -0.4 is 9.64 Å². The van der Waals surface area contributed by atoms with Gasteiger partial charge in [0.1, 0.15) is 18.1 Å². The summed E-state index contributed by atoms with van der Waals surface area (Å²) in [6.07, 6.45) is 12.0. The number of carbonyl (C=O) groups is 1. The van der Waals surface area contributed by atoms with Crippen molar-refractivity contribution in [2.45, 2.75) is 77.5 Å². The van der Waals surface area contributed by atoms with E-state index in [2.05, 4.69) is 57.7 Å². The Bertz CT molecular complexity index is 2030. The van der Waals surface area contributed by atoms with Crippen LogP contribution in [-0.2, 0) is 30.4 Å². The number of aliphatic carboxylic acids is 1. The van der Waals surface area contributed by atoms with Crippen LogP contribution in [0.25, 0.3) is 5.57 Å². The molecule has 0 spiro atoms. The van der Waals surface area contributed by atoms with E-state index in [1.807, 2.05) is 48.0 Å². The number of anilines is 1. The average Bonchev–Trinajstić information content (AvgIpc) is 3.25. The first-order valence-electron chi connectivity index (χ1n) is 17.1. The molecule has 0 aliphatic carbocycles. The number of carboxylic acid groups (broad SMARTS) is 1. The quantitative estimate of drug-likeness (QED) is 0.0968. The highest BCUT2D eigenvalue weighted by atomic mass is 32.2. The standard InChI is InChI=1S/C38H48N2O9S2/c1-7-39(8-2)28-17-19-30-27(24-35(37(3,4)5)49-33(30)25-28)14-10-9-11-15-34-38(6,21-12-16-36(41)42)31-26-29(51(46,47)48)18-20-32(31)40(34)22-13-23-50(43,44)45/h9-11,14-15,17-20,24-26H,7-8,12-13,16,21-23H2,1-6H3,(H2-,41,42,43,44,45,46,47,48)/p+1. The van der Waals surface area contributed by atoms with Crippen LogP contribution in [0.4, 0.5) is 11.4 Å². The number of allylic oxidation sites excluding steroid dienone is 8. The minimum absolute atomic E-state index is 0.0721. The number of ether oxygens (including phenoxy) is 1. The van der Waals surface area contributed by atoms with Gasteiger partial charge in [0.15, 0.2) is 5.71 Å². The van der Waals surface area contributed by atoms with Gasteiger partial charge >= 0.3 is 5.97 Å². The summed E-state index contributed by atoms with van der Waals surface area (Å²) in [5.74, 6) is 0.170. The van der Waals surface area contributed by atoms with E-state index in [1.54, 1.807) is 6.07 Å². The van der Waals surface area contributed by atoms with Gasteiger partial charge in [0.2, 0.25) is 5.69 Å². The van der Waals surface area contributed by atoms with Crippen LogP contribution in [0.3, 0.4) is 0 Å². The summed E-state index contributed by atoms with van der Waals surface area (Å²) in [7, 11) is -8.78. The van der Waals surface area contributed by atoms with Gasteiger partial charge in [-0.3, -0.25) is 13.9 Å². The normalized spacial score (nSPS) is 18.7. The highest BCUT2D eigenvalue weighted by molar-refractivity contribution is 7.86. The van der Waals surface area contributed by atoms with E-state index in [0.29, 0.717) is 23.4 Å². The highest BCUT2D eigenvalue weighted by Gasteiger charge is 2.47. The van der Waals surface area contributed by atoms with E-state index < -0.39 is 37.4 Å². The molecule has 1 atom stereocenters. The minimum Gasteiger partial charge on any atom is -0.481 e. The maximum Gasteiger partial charge on any atom is 0.303 e. The van der Waals surface area contributed by atoms with E-state index in [-0.39, 0.29) is 36.1 Å². The summed E-state index contributed by atoms with van der Waals surface area (Å²) in [6.45, 7) is 14.3. The Balaban J connectivity index is 1.77. The molecule has 2 aliphatic rings. The van der Waals surface area contributed by atoms with E-state index in [9.17, 15) is 35.8 Å². The smallest absolute Gasteiger partial charge is 0.303 e. The second-order valence-electron chi connectivity index (χ2n) is 14.0. The van der Waals surface area contributed by atoms with Gasteiger partial charge in [-0.1, -0.05) is 45.1 Å². The van der Waals surface area contributed by atoms with Crippen molar-refractivity contribution < 1.29 is 45.2 Å². The third-order valence-corrected chi connectivity index (χ3v) is 10.9. The fourth-order valence-electron chi connectivity index (χ4n) is 6.56. The number of fused-ring (bicyclic) bond motifs is 2. The molecule has 2 aliphatic heterocycles.